The average Bonchev–Trinajstić information content (AvgIpc) is 2.44. The van der Waals surface area contributed by atoms with Gasteiger partial charge in [-0.3, -0.25) is 0 Å². The summed E-state index contributed by atoms with van der Waals surface area (Å²) in [6.45, 7) is 9.38. The van der Waals surface area contributed by atoms with Crippen LogP contribution in [-0.2, 0) is 9.47 Å². The van der Waals surface area contributed by atoms with Crippen molar-refractivity contribution in [2.45, 2.75) is 65.6 Å². The van der Waals surface area contributed by atoms with Gasteiger partial charge in [0.25, 0.3) is 0 Å². The van der Waals surface area contributed by atoms with E-state index in [-0.39, 0.29) is 0 Å². The molecule has 2 nitrogen and oxygen atoms in total. The standard InChI is InChI=1S/C20H36O2/c1-13-9-17(10-14(2)19(13)21-5)7-8-18-11-15(3)20(22-6)16(4)12-18/h7-8,13-20H,9-12H2,1-6H3. The Morgan fingerprint density at radius 2 is 0.864 bits per heavy atom. The molecular weight excluding hydrogens is 272 g/mol. The number of hydrogen-bond donors (Lipinski definition) is 0. The molecule has 0 bridgehead atoms. The predicted octanol–water partition coefficient (Wildman–Crippen LogP) is 4.94. The smallest absolute Gasteiger partial charge is 0.0622 e. The second-order valence-electron chi connectivity index (χ2n) is 8.16. The fraction of sp³-hybridized carbons (Fsp3) is 0.900. The van der Waals surface area contributed by atoms with Crippen molar-refractivity contribution in [1.29, 1.82) is 0 Å². The number of allylic oxidation sites excluding steroid dienone is 2. The maximum Gasteiger partial charge on any atom is 0.0622 e. The lowest BCUT2D eigenvalue weighted by Gasteiger charge is -2.38. The second-order valence-corrected chi connectivity index (χ2v) is 8.16. The normalized spacial score (nSPS) is 47.0. The summed E-state index contributed by atoms with van der Waals surface area (Å²) < 4.78 is 11.3. The van der Waals surface area contributed by atoms with Crippen molar-refractivity contribution < 1.29 is 9.47 Å². The van der Waals surface area contributed by atoms with Crippen molar-refractivity contribution in [1.82, 2.24) is 0 Å². The van der Waals surface area contributed by atoms with E-state index >= 15 is 0 Å². The SMILES string of the molecule is COC1C(C)CC(C=CC2CC(C)C(OC)C(C)C2)CC1C. The van der Waals surface area contributed by atoms with Crippen molar-refractivity contribution in [3.05, 3.63) is 12.2 Å². The Balaban J connectivity index is 1.90. The zero-order valence-electron chi connectivity index (χ0n) is 15.4. The molecule has 0 N–H and O–H groups in total. The lowest BCUT2D eigenvalue weighted by molar-refractivity contribution is -0.0192. The van der Waals surface area contributed by atoms with Gasteiger partial charge in [0, 0.05) is 14.2 Å². The summed E-state index contributed by atoms with van der Waals surface area (Å²) in [6.07, 6.45) is 11.0. The molecule has 2 fully saturated rings. The van der Waals surface area contributed by atoms with Crippen LogP contribution in [0, 0.1) is 35.5 Å². The number of rotatable bonds is 4. The molecule has 2 saturated carbocycles. The summed E-state index contributed by atoms with van der Waals surface area (Å²) in [6, 6.07) is 0. The van der Waals surface area contributed by atoms with E-state index < -0.39 is 0 Å². The molecule has 0 aromatic heterocycles. The van der Waals surface area contributed by atoms with E-state index in [1.54, 1.807) is 0 Å². The Morgan fingerprint density at radius 1 is 0.591 bits per heavy atom. The van der Waals surface area contributed by atoms with Gasteiger partial charge in [-0.1, -0.05) is 39.8 Å². The van der Waals surface area contributed by atoms with Crippen LogP contribution in [0.3, 0.4) is 0 Å². The molecule has 2 rings (SSSR count). The minimum absolute atomic E-state index is 0.446. The minimum Gasteiger partial charge on any atom is -0.381 e. The summed E-state index contributed by atoms with van der Waals surface area (Å²) in [5.74, 6) is 4.16. The zero-order chi connectivity index (χ0) is 16.3. The Hall–Kier alpha value is -0.340. The molecule has 0 aromatic rings. The zero-order valence-corrected chi connectivity index (χ0v) is 15.4. The highest BCUT2D eigenvalue weighted by Gasteiger charge is 2.34. The molecule has 0 amide bonds. The van der Waals surface area contributed by atoms with Crippen molar-refractivity contribution >= 4 is 0 Å². The Labute approximate surface area is 137 Å². The van der Waals surface area contributed by atoms with Crippen LogP contribution in [-0.4, -0.2) is 26.4 Å². The molecule has 128 valence electrons. The molecular formula is C20H36O2. The summed E-state index contributed by atoms with van der Waals surface area (Å²) in [5, 5.41) is 0. The lowest BCUT2D eigenvalue weighted by atomic mass is 9.72. The third kappa shape index (κ3) is 4.14. The molecule has 4 atom stereocenters. The largest absolute Gasteiger partial charge is 0.381 e. The van der Waals surface area contributed by atoms with Crippen LogP contribution in [0.25, 0.3) is 0 Å². The number of ether oxygens (including phenoxy) is 2. The highest BCUT2D eigenvalue weighted by Crippen LogP contribution is 2.38. The molecule has 0 heterocycles. The van der Waals surface area contributed by atoms with Gasteiger partial charge >= 0.3 is 0 Å². The monoisotopic (exact) mass is 308 g/mol. The van der Waals surface area contributed by atoms with Crippen LogP contribution in [0.2, 0.25) is 0 Å². The van der Waals surface area contributed by atoms with E-state index in [4.69, 9.17) is 9.47 Å². The van der Waals surface area contributed by atoms with Crippen molar-refractivity contribution in [2.75, 3.05) is 14.2 Å². The van der Waals surface area contributed by atoms with E-state index in [9.17, 15) is 0 Å². The van der Waals surface area contributed by atoms with Gasteiger partial charge in [-0.25, -0.2) is 0 Å². The van der Waals surface area contributed by atoms with Gasteiger partial charge in [0.2, 0.25) is 0 Å². The maximum atomic E-state index is 5.67. The van der Waals surface area contributed by atoms with Crippen molar-refractivity contribution in [2.24, 2.45) is 35.5 Å². The summed E-state index contributed by atoms with van der Waals surface area (Å²) >= 11 is 0. The molecule has 2 heteroatoms. The fourth-order valence-electron chi connectivity index (χ4n) is 5.32. The fourth-order valence-corrected chi connectivity index (χ4v) is 5.32. The van der Waals surface area contributed by atoms with E-state index in [1.165, 1.54) is 25.7 Å². The van der Waals surface area contributed by atoms with Gasteiger partial charge in [0.05, 0.1) is 12.2 Å². The lowest BCUT2D eigenvalue weighted by Crippen LogP contribution is -2.36. The Bertz CT molecular complexity index is 307. The quantitative estimate of drug-likeness (QED) is 0.685. The van der Waals surface area contributed by atoms with Gasteiger partial charge in [0.15, 0.2) is 0 Å². The summed E-state index contributed by atoms with van der Waals surface area (Å²) in [4.78, 5) is 0. The van der Waals surface area contributed by atoms with Gasteiger partial charge in [0.1, 0.15) is 0 Å². The van der Waals surface area contributed by atoms with E-state index in [1.807, 2.05) is 14.2 Å². The van der Waals surface area contributed by atoms with Crippen LogP contribution in [0.1, 0.15) is 53.4 Å². The molecule has 0 spiro atoms. The first-order chi connectivity index (χ1) is 10.5. The summed E-state index contributed by atoms with van der Waals surface area (Å²) in [5.41, 5.74) is 0. The van der Waals surface area contributed by atoms with Crippen LogP contribution in [0.5, 0.6) is 0 Å². The third-order valence-corrected chi connectivity index (χ3v) is 6.14. The topological polar surface area (TPSA) is 18.5 Å². The third-order valence-electron chi connectivity index (χ3n) is 6.14. The van der Waals surface area contributed by atoms with Gasteiger partial charge in [-0.2, -0.15) is 0 Å². The van der Waals surface area contributed by atoms with Gasteiger partial charge < -0.3 is 9.47 Å². The van der Waals surface area contributed by atoms with Crippen molar-refractivity contribution in [3.63, 3.8) is 0 Å². The molecule has 22 heavy (non-hydrogen) atoms. The average molecular weight is 309 g/mol. The summed E-state index contributed by atoms with van der Waals surface area (Å²) in [7, 11) is 3.73. The Morgan fingerprint density at radius 3 is 1.09 bits per heavy atom. The number of hydrogen-bond acceptors (Lipinski definition) is 2. The highest BCUT2D eigenvalue weighted by atomic mass is 16.5. The van der Waals surface area contributed by atoms with Gasteiger partial charge in [-0.05, 0) is 61.2 Å². The van der Waals surface area contributed by atoms with Crippen LogP contribution in [0.15, 0.2) is 12.2 Å². The molecule has 0 aromatic carbocycles. The molecule has 4 unspecified atom stereocenters. The van der Waals surface area contributed by atoms with Crippen LogP contribution >= 0.6 is 0 Å². The van der Waals surface area contributed by atoms with Crippen molar-refractivity contribution in [3.8, 4) is 0 Å². The minimum atomic E-state index is 0.446. The van der Waals surface area contributed by atoms with E-state index in [0.717, 1.165) is 11.8 Å². The van der Waals surface area contributed by atoms with Gasteiger partial charge in [-0.15, -0.1) is 0 Å². The molecule has 0 saturated heterocycles. The predicted molar refractivity (Wildman–Crippen MR) is 92.8 cm³/mol. The van der Waals surface area contributed by atoms with Crippen LogP contribution in [0.4, 0.5) is 0 Å². The van der Waals surface area contributed by atoms with E-state index in [2.05, 4.69) is 39.8 Å². The molecule has 2 aliphatic carbocycles. The Kier molecular flexibility index (Phi) is 6.52. The molecule has 0 aliphatic heterocycles. The van der Waals surface area contributed by atoms with E-state index in [0.29, 0.717) is 35.9 Å². The second kappa shape index (κ2) is 7.97. The first-order valence-corrected chi connectivity index (χ1v) is 9.20. The highest BCUT2D eigenvalue weighted by molar-refractivity contribution is 5.00. The first-order valence-electron chi connectivity index (χ1n) is 9.20. The maximum absolute atomic E-state index is 5.67. The van der Waals surface area contributed by atoms with Crippen LogP contribution < -0.4 is 0 Å². The number of methoxy groups -OCH3 is 2. The first kappa shape index (κ1) is 18.0. The molecule has 0 radical (unpaired) electrons. The molecule has 2 aliphatic rings.